The maximum atomic E-state index is 5.96. The van der Waals surface area contributed by atoms with Crippen LogP contribution in [-0.4, -0.2) is 30.6 Å². The third-order valence-corrected chi connectivity index (χ3v) is 3.40. The van der Waals surface area contributed by atoms with E-state index < -0.39 is 0 Å². The molecule has 0 aliphatic heterocycles. The number of halogens is 2. The molecule has 0 spiro atoms. The minimum Gasteiger partial charge on any atom is -0.383 e. The number of nitrogens with zero attached hydrogens (tertiary/aromatic N) is 1. The lowest BCUT2D eigenvalue weighted by Gasteiger charge is -2.14. The lowest BCUT2D eigenvalue weighted by atomic mass is 10.1. The lowest BCUT2D eigenvalue weighted by molar-refractivity contribution is 0.179. The van der Waals surface area contributed by atoms with Crippen molar-refractivity contribution in [2.45, 2.75) is 19.9 Å². The molecular weight excluding hydrogens is 317 g/mol. The molecule has 7 heteroatoms. The summed E-state index contributed by atoms with van der Waals surface area (Å²) in [7, 11) is 1.64. The summed E-state index contributed by atoms with van der Waals surface area (Å²) in [5.41, 5.74) is 4.41. The van der Waals surface area contributed by atoms with Gasteiger partial charge in [0.25, 0.3) is 0 Å². The topological polar surface area (TPSA) is 45.6 Å². The number of thiocarbonyl (C=S) groups is 1. The average Bonchev–Trinajstić information content (AvgIpc) is 2.39. The van der Waals surface area contributed by atoms with Crippen LogP contribution in [0.3, 0.4) is 0 Å². The molecule has 0 aliphatic carbocycles. The summed E-state index contributed by atoms with van der Waals surface area (Å²) in [6, 6.07) is 5.45. The van der Waals surface area contributed by atoms with Crippen LogP contribution in [0, 0.1) is 0 Å². The monoisotopic (exact) mass is 333 g/mol. The van der Waals surface area contributed by atoms with Gasteiger partial charge < -0.3 is 10.1 Å². The molecule has 1 aromatic carbocycles. The standard InChI is InChI=1S/C13H17Cl2N3OS/c1-8(7-19-3)16-13(20)18-17-9(2)10-4-5-11(14)12(15)6-10/h4-6,8H,7H2,1-3H3,(H2,16,18,20)/b17-9-/t8-/m0/s1. The van der Waals surface area contributed by atoms with E-state index >= 15 is 0 Å². The number of methoxy groups -OCH3 is 1. The molecule has 1 rings (SSSR count). The first-order valence-electron chi connectivity index (χ1n) is 5.99. The van der Waals surface area contributed by atoms with Crippen molar-refractivity contribution in [1.82, 2.24) is 10.7 Å². The molecule has 110 valence electrons. The summed E-state index contributed by atoms with van der Waals surface area (Å²) in [4.78, 5) is 0. The van der Waals surface area contributed by atoms with Crippen LogP contribution in [0.5, 0.6) is 0 Å². The lowest BCUT2D eigenvalue weighted by Crippen LogP contribution is -2.40. The van der Waals surface area contributed by atoms with E-state index in [0.29, 0.717) is 21.8 Å². The zero-order chi connectivity index (χ0) is 15.1. The van der Waals surface area contributed by atoms with Gasteiger partial charge >= 0.3 is 0 Å². The summed E-state index contributed by atoms with van der Waals surface area (Å²) >= 11 is 17.0. The van der Waals surface area contributed by atoms with Gasteiger partial charge in [-0.3, -0.25) is 5.43 Å². The first-order chi connectivity index (χ1) is 9.43. The van der Waals surface area contributed by atoms with E-state index in [1.165, 1.54) is 0 Å². The molecule has 0 bridgehead atoms. The zero-order valence-corrected chi connectivity index (χ0v) is 13.9. The van der Waals surface area contributed by atoms with Crippen molar-refractivity contribution in [3.05, 3.63) is 33.8 Å². The van der Waals surface area contributed by atoms with E-state index in [1.54, 1.807) is 19.2 Å². The molecule has 0 aliphatic rings. The van der Waals surface area contributed by atoms with Gasteiger partial charge in [-0.25, -0.2) is 0 Å². The van der Waals surface area contributed by atoms with Gasteiger partial charge in [0.15, 0.2) is 5.11 Å². The van der Waals surface area contributed by atoms with E-state index in [1.807, 2.05) is 19.9 Å². The van der Waals surface area contributed by atoms with Crippen LogP contribution in [0.2, 0.25) is 10.0 Å². The number of hydrogen-bond donors (Lipinski definition) is 2. The Morgan fingerprint density at radius 1 is 1.40 bits per heavy atom. The SMILES string of the molecule is COC[C@H](C)NC(=S)N/N=C(/C)c1ccc(Cl)c(Cl)c1. The molecular formula is C13H17Cl2N3OS. The highest BCUT2D eigenvalue weighted by molar-refractivity contribution is 7.80. The van der Waals surface area contributed by atoms with Gasteiger partial charge in [0.05, 0.1) is 22.4 Å². The molecule has 0 amide bonds. The summed E-state index contributed by atoms with van der Waals surface area (Å²) in [6.07, 6.45) is 0. The van der Waals surface area contributed by atoms with Gasteiger partial charge in [-0.2, -0.15) is 5.10 Å². The van der Waals surface area contributed by atoms with E-state index in [2.05, 4.69) is 15.8 Å². The Morgan fingerprint density at radius 2 is 2.10 bits per heavy atom. The first kappa shape index (κ1) is 17.2. The Morgan fingerprint density at radius 3 is 2.70 bits per heavy atom. The van der Waals surface area contributed by atoms with Gasteiger partial charge in [0.1, 0.15) is 0 Å². The van der Waals surface area contributed by atoms with Crippen molar-refractivity contribution >= 4 is 46.2 Å². The van der Waals surface area contributed by atoms with Crippen molar-refractivity contribution < 1.29 is 4.74 Å². The van der Waals surface area contributed by atoms with Crippen LogP contribution in [0.1, 0.15) is 19.4 Å². The Labute approximate surface area is 134 Å². The molecule has 0 saturated carbocycles. The number of benzene rings is 1. The van der Waals surface area contributed by atoms with Gasteiger partial charge in [-0.05, 0) is 43.8 Å². The van der Waals surface area contributed by atoms with Gasteiger partial charge in [0, 0.05) is 13.2 Å². The average molecular weight is 334 g/mol. The minimum absolute atomic E-state index is 0.112. The molecule has 1 aromatic rings. The van der Waals surface area contributed by atoms with Crippen LogP contribution in [0.15, 0.2) is 23.3 Å². The van der Waals surface area contributed by atoms with Crippen LogP contribution >= 0.6 is 35.4 Å². The molecule has 0 radical (unpaired) electrons. The second-order valence-electron chi connectivity index (χ2n) is 4.27. The van der Waals surface area contributed by atoms with Crippen LogP contribution < -0.4 is 10.7 Å². The van der Waals surface area contributed by atoms with E-state index in [0.717, 1.165) is 11.3 Å². The maximum Gasteiger partial charge on any atom is 0.187 e. The first-order valence-corrected chi connectivity index (χ1v) is 7.15. The smallest absolute Gasteiger partial charge is 0.187 e. The summed E-state index contributed by atoms with van der Waals surface area (Å²) in [6.45, 7) is 4.39. The van der Waals surface area contributed by atoms with Crippen molar-refractivity contribution in [3.63, 3.8) is 0 Å². The molecule has 4 nitrogen and oxygen atoms in total. The highest BCUT2D eigenvalue weighted by Crippen LogP contribution is 2.22. The molecule has 0 unspecified atom stereocenters. The van der Waals surface area contributed by atoms with Crippen LogP contribution in [0.25, 0.3) is 0 Å². The Kier molecular flexibility index (Phi) is 7.23. The van der Waals surface area contributed by atoms with Crippen molar-refractivity contribution in [2.75, 3.05) is 13.7 Å². The second-order valence-corrected chi connectivity index (χ2v) is 5.49. The fraction of sp³-hybridized carbons (Fsp3) is 0.385. The molecule has 0 aromatic heterocycles. The van der Waals surface area contributed by atoms with E-state index in [-0.39, 0.29) is 6.04 Å². The molecule has 20 heavy (non-hydrogen) atoms. The third-order valence-electron chi connectivity index (χ3n) is 2.46. The van der Waals surface area contributed by atoms with E-state index in [4.69, 9.17) is 40.2 Å². The highest BCUT2D eigenvalue weighted by Gasteiger charge is 2.04. The molecule has 0 saturated heterocycles. The molecule has 1 atom stereocenters. The van der Waals surface area contributed by atoms with E-state index in [9.17, 15) is 0 Å². The highest BCUT2D eigenvalue weighted by atomic mass is 35.5. The number of ether oxygens (including phenoxy) is 1. The Bertz CT molecular complexity index is 508. The summed E-state index contributed by atoms with van der Waals surface area (Å²) < 4.78 is 5.01. The van der Waals surface area contributed by atoms with Crippen molar-refractivity contribution in [1.29, 1.82) is 0 Å². The molecule has 2 N–H and O–H groups in total. The maximum absolute atomic E-state index is 5.96. The van der Waals surface area contributed by atoms with Gasteiger partial charge in [0.2, 0.25) is 0 Å². The fourth-order valence-corrected chi connectivity index (χ4v) is 2.01. The van der Waals surface area contributed by atoms with Gasteiger partial charge in [-0.15, -0.1) is 0 Å². The Balaban J connectivity index is 2.60. The van der Waals surface area contributed by atoms with Crippen LogP contribution in [0.4, 0.5) is 0 Å². The third kappa shape index (κ3) is 5.63. The predicted octanol–water partition coefficient (Wildman–Crippen LogP) is 3.22. The molecule has 0 heterocycles. The van der Waals surface area contributed by atoms with Gasteiger partial charge in [-0.1, -0.05) is 29.3 Å². The number of rotatable bonds is 5. The largest absolute Gasteiger partial charge is 0.383 e. The van der Waals surface area contributed by atoms with Crippen molar-refractivity contribution in [3.8, 4) is 0 Å². The molecule has 0 fully saturated rings. The zero-order valence-electron chi connectivity index (χ0n) is 11.5. The quantitative estimate of drug-likeness (QED) is 0.493. The number of hydrazone groups is 1. The Hall–Kier alpha value is -0.880. The number of nitrogens with one attached hydrogen (secondary N) is 2. The second kappa shape index (κ2) is 8.42. The summed E-state index contributed by atoms with van der Waals surface area (Å²) in [5, 5.41) is 8.70. The normalized spacial score (nSPS) is 12.9. The summed E-state index contributed by atoms with van der Waals surface area (Å²) in [5.74, 6) is 0. The number of hydrogen-bond acceptors (Lipinski definition) is 3. The minimum atomic E-state index is 0.112. The van der Waals surface area contributed by atoms with Crippen molar-refractivity contribution in [2.24, 2.45) is 5.10 Å². The van der Waals surface area contributed by atoms with Crippen LogP contribution in [-0.2, 0) is 4.74 Å². The fourth-order valence-electron chi connectivity index (χ4n) is 1.47. The predicted molar refractivity (Wildman–Crippen MR) is 88.9 cm³/mol.